The van der Waals surface area contributed by atoms with Crippen LogP contribution in [0.4, 0.5) is 0 Å². The highest BCUT2D eigenvalue weighted by molar-refractivity contribution is 5.98. The minimum atomic E-state index is -1.20. The van der Waals surface area contributed by atoms with Crippen LogP contribution in [0.15, 0.2) is 33.8 Å². The van der Waals surface area contributed by atoms with E-state index >= 15 is 0 Å². The molecule has 0 saturated heterocycles. The van der Waals surface area contributed by atoms with Crippen LogP contribution >= 0.6 is 0 Å². The number of carboxylic acids is 2. The van der Waals surface area contributed by atoms with Crippen molar-refractivity contribution >= 4 is 18.0 Å². The van der Waals surface area contributed by atoms with E-state index < -0.39 is 11.9 Å². The summed E-state index contributed by atoms with van der Waals surface area (Å²) >= 11 is 0. The minimum Gasteiger partial charge on any atom is -0.478 e. The summed E-state index contributed by atoms with van der Waals surface area (Å²) in [4.78, 5) is 21.5. The fourth-order valence-corrected chi connectivity index (χ4v) is 1.28. The first-order chi connectivity index (χ1) is 7.90. The molecule has 0 radical (unpaired) electrons. The number of hydrogen-bond acceptors (Lipinski definition) is 3. The molecule has 0 fully saturated rings. The average Bonchev–Trinajstić information content (AvgIpc) is 2.58. The van der Waals surface area contributed by atoms with Crippen molar-refractivity contribution in [3.63, 3.8) is 0 Å². The summed E-state index contributed by atoms with van der Waals surface area (Å²) in [6.45, 7) is 3.15. The zero-order valence-electron chi connectivity index (χ0n) is 9.43. The summed E-state index contributed by atoms with van der Waals surface area (Å²) in [7, 11) is 0. The molecular weight excluding hydrogens is 224 g/mol. The fourth-order valence-electron chi connectivity index (χ4n) is 1.28. The minimum absolute atomic E-state index is 0.109. The smallest absolute Gasteiger partial charge is 0.336 e. The summed E-state index contributed by atoms with van der Waals surface area (Å²) in [6.07, 6.45) is 2.14. The number of furan rings is 1. The maximum Gasteiger partial charge on any atom is 0.336 e. The van der Waals surface area contributed by atoms with Gasteiger partial charge in [0.25, 0.3) is 0 Å². The molecule has 0 unspecified atom stereocenters. The molecule has 90 valence electrons. The summed E-state index contributed by atoms with van der Waals surface area (Å²) in [5.74, 6) is -1.36. The van der Waals surface area contributed by atoms with Gasteiger partial charge in [0.15, 0.2) is 0 Å². The van der Waals surface area contributed by atoms with E-state index in [0.29, 0.717) is 11.5 Å². The number of aliphatic carboxylic acids is 2. The first kappa shape index (κ1) is 12.8. The lowest BCUT2D eigenvalue weighted by molar-refractivity contribution is -0.132. The third-order valence-electron chi connectivity index (χ3n) is 2.04. The van der Waals surface area contributed by atoms with E-state index in [1.54, 1.807) is 19.1 Å². The molecule has 1 aromatic rings. The predicted molar refractivity (Wildman–Crippen MR) is 60.5 cm³/mol. The van der Waals surface area contributed by atoms with Gasteiger partial charge in [0, 0.05) is 6.08 Å². The highest BCUT2D eigenvalue weighted by atomic mass is 16.4. The molecule has 0 aliphatic heterocycles. The molecule has 2 N–H and O–H groups in total. The Bertz CT molecular complexity index is 505. The van der Waals surface area contributed by atoms with Crippen molar-refractivity contribution in [2.24, 2.45) is 0 Å². The molecule has 1 aromatic heterocycles. The lowest BCUT2D eigenvalue weighted by atomic mass is 10.1. The van der Waals surface area contributed by atoms with Crippen molar-refractivity contribution in [1.29, 1.82) is 0 Å². The summed E-state index contributed by atoms with van der Waals surface area (Å²) in [5.41, 5.74) is 0.0424. The first-order valence-electron chi connectivity index (χ1n) is 4.83. The Hall–Kier alpha value is -2.30. The number of rotatable bonds is 4. The van der Waals surface area contributed by atoms with E-state index in [1.165, 1.54) is 13.0 Å². The SMILES string of the molecule is CC(=C\C(=O)O)/C(=C\c1ccc(C)o1)C(=O)O. The topological polar surface area (TPSA) is 87.7 Å². The van der Waals surface area contributed by atoms with Crippen molar-refractivity contribution < 1.29 is 24.2 Å². The van der Waals surface area contributed by atoms with Crippen LogP contribution in [0.3, 0.4) is 0 Å². The van der Waals surface area contributed by atoms with Crippen LogP contribution in [0.5, 0.6) is 0 Å². The third kappa shape index (κ3) is 3.64. The second-order valence-electron chi connectivity index (χ2n) is 3.48. The molecule has 0 spiro atoms. The maximum absolute atomic E-state index is 11.0. The molecule has 1 rings (SSSR count). The normalized spacial score (nSPS) is 12.6. The molecule has 0 saturated carbocycles. The third-order valence-corrected chi connectivity index (χ3v) is 2.04. The molecule has 5 heteroatoms. The van der Waals surface area contributed by atoms with Crippen LogP contribution in [0, 0.1) is 6.92 Å². The van der Waals surface area contributed by atoms with Crippen LogP contribution in [0.2, 0.25) is 0 Å². The van der Waals surface area contributed by atoms with Crippen molar-refractivity contribution in [3.05, 3.63) is 40.9 Å². The van der Waals surface area contributed by atoms with E-state index in [0.717, 1.165) is 6.08 Å². The molecule has 0 aliphatic carbocycles. The highest BCUT2D eigenvalue weighted by Gasteiger charge is 2.12. The molecular formula is C12H12O5. The molecule has 0 bridgehead atoms. The van der Waals surface area contributed by atoms with Crippen LogP contribution < -0.4 is 0 Å². The van der Waals surface area contributed by atoms with Gasteiger partial charge in [0.1, 0.15) is 11.5 Å². The largest absolute Gasteiger partial charge is 0.478 e. The van der Waals surface area contributed by atoms with Gasteiger partial charge in [0.05, 0.1) is 5.57 Å². The van der Waals surface area contributed by atoms with E-state index in [-0.39, 0.29) is 11.1 Å². The summed E-state index contributed by atoms with van der Waals surface area (Å²) < 4.78 is 5.20. The van der Waals surface area contributed by atoms with Gasteiger partial charge in [-0.1, -0.05) is 0 Å². The number of carbonyl (C=O) groups is 2. The number of aryl methyl sites for hydroxylation is 1. The Morgan fingerprint density at radius 3 is 2.35 bits per heavy atom. The van der Waals surface area contributed by atoms with Gasteiger partial charge < -0.3 is 14.6 Å². The Morgan fingerprint density at radius 2 is 1.94 bits per heavy atom. The molecule has 0 aromatic carbocycles. The van der Waals surface area contributed by atoms with Gasteiger partial charge in [-0.15, -0.1) is 0 Å². The monoisotopic (exact) mass is 236 g/mol. The molecule has 5 nitrogen and oxygen atoms in total. The van der Waals surface area contributed by atoms with E-state index in [1.807, 2.05) is 0 Å². The summed E-state index contributed by atoms with van der Waals surface area (Å²) in [5, 5.41) is 17.5. The lowest BCUT2D eigenvalue weighted by Crippen LogP contribution is -2.03. The molecule has 1 heterocycles. The molecule has 17 heavy (non-hydrogen) atoms. The second-order valence-corrected chi connectivity index (χ2v) is 3.48. The van der Waals surface area contributed by atoms with E-state index in [2.05, 4.69) is 0 Å². The second kappa shape index (κ2) is 5.16. The Kier molecular flexibility index (Phi) is 3.87. The van der Waals surface area contributed by atoms with Crippen LogP contribution in [-0.4, -0.2) is 22.2 Å². The Morgan fingerprint density at radius 1 is 1.29 bits per heavy atom. The maximum atomic E-state index is 11.0. The van der Waals surface area contributed by atoms with Crippen LogP contribution in [0.1, 0.15) is 18.4 Å². The molecule has 0 amide bonds. The van der Waals surface area contributed by atoms with Gasteiger partial charge in [-0.05, 0) is 37.6 Å². The van der Waals surface area contributed by atoms with Gasteiger partial charge in [-0.3, -0.25) is 0 Å². The van der Waals surface area contributed by atoms with Crippen LogP contribution in [-0.2, 0) is 9.59 Å². The Labute approximate surface area is 97.7 Å². The fraction of sp³-hybridized carbons (Fsp3) is 0.167. The van der Waals surface area contributed by atoms with Crippen molar-refractivity contribution in [3.8, 4) is 0 Å². The number of hydrogen-bond donors (Lipinski definition) is 2. The van der Waals surface area contributed by atoms with E-state index in [4.69, 9.17) is 14.6 Å². The van der Waals surface area contributed by atoms with Crippen molar-refractivity contribution in [1.82, 2.24) is 0 Å². The Balaban J connectivity index is 3.14. The van der Waals surface area contributed by atoms with Crippen molar-refractivity contribution in [2.75, 3.05) is 0 Å². The molecule has 0 aliphatic rings. The van der Waals surface area contributed by atoms with Gasteiger partial charge in [-0.2, -0.15) is 0 Å². The standard InChI is InChI=1S/C12H12O5/c1-7(5-11(13)14)10(12(15)16)6-9-4-3-8(2)17-9/h3-6H,1-2H3,(H,13,14)(H,15,16)/b7-5+,10-6+. The van der Waals surface area contributed by atoms with Gasteiger partial charge in [0.2, 0.25) is 0 Å². The summed E-state index contributed by atoms with van der Waals surface area (Å²) in [6, 6.07) is 3.31. The van der Waals surface area contributed by atoms with Crippen molar-refractivity contribution in [2.45, 2.75) is 13.8 Å². The van der Waals surface area contributed by atoms with Gasteiger partial charge in [-0.25, -0.2) is 9.59 Å². The average molecular weight is 236 g/mol. The van der Waals surface area contributed by atoms with Gasteiger partial charge >= 0.3 is 11.9 Å². The van der Waals surface area contributed by atoms with E-state index in [9.17, 15) is 9.59 Å². The predicted octanol–water partition coefficient (Wildman–Crippen LogP) is 2.09. The van der Waals surface area contributed by atoms with Crippen LogP contribution in [0.25, 0.3) is 6.08 Å². The highest BCUT2D eigenvalue weighted by Crippen LogP contribution is 2.16. The zero-order chi connectivity index (χ0) is 13.0. The molecule has 0 atom stereocenters. The quantitative estimate of drug-likeness (QED) is 0.617. The zero-order valence-corrected chi connectivity index (χ0v) is 9.43. The number of carboxylic acid groups (broad SMARTS) is 2. The lowest BCUT2D eigenvalue weighted by Gasteiger charge is -2.00. The first-order valence-corrected chi connectivity index (χ1v) is 4.83.